The highest BCUT2D eigenvalue weighted by Crippen LogP contribution is 2.07. The number of unbranched alkanes of at least 4 members (excludes halogenated alkanes) is 1. The SMILES string of the molecule is C=CCCCSC[C@H](NC(C)=O)C(=O)O. The van der Waals surface area contributed by atoms with Crippen molar-refractivity contribution in [3.8, 4) is 0 Å². The van der Waals surface area contributed by atoms with Gasteiger partial charge >= 0.3 is 5.97 Å². The number of amides is 1. The summed E-state index contributed by atoms with van der Waals surface area (Å²) in [7, 11) is 0. The van der Waals surface area contributed by atoms with Crippen LogP contribution < -0.4 is 5.32 Å². The van der Waals surface area contributed by atoms with Gasteiger partial charge in [-0.15, -0.1) is 6.58 Å². The highest BCUT2D eigenvalue weighted by atomic mass is 32.2. The molecule has 1 amide bonds. The van der Waals surface area contributed by atoms with Crippen molar-refractivity contribution in [2.75, 3.05) is 11.5 Å². The first-order chi connectivity index (χ1) is 7.07. The van der Waals surface area contributed by atoms with Gasteiger partial charge in [0.2, 0.25) is 5.91 Å². The van der Waals surface area contributed by atoms with Gasteiger partial charge < -0.3 is 10.4 Å². The molecule has 0 saturated carbocycles. The van der Waals surface area contributed by atoms with Gasteiger partial charge in [-0.1, -0.05) is 6.08 Å². The number of carboxylic acid groups (broad SMARTS) is 1. The Morgan fingerprint density at radius 3 is 2.73 bits per heavy atom. The molecule has 0 aromatic carbocycles. The van der Waals surface area contributed by atoms with Gasteiger partial charge in [-0.25, -0.2) is 4.79 Å². The minimum absolute atomic E-state index is 0.311. The number of carbonyl (C=O) groups excluding carboxylic acids is 1. The van der Waals surface area contributed by atoms with Gasteiger partial charge in [0.1, 0.15) is 6.04 Å². The summed E-state index contributed by atoms with van der Waals surface area (Å²) in [5.74, 6) is -0.00273. The first-order valence-electron chi connectivity index (χ1n) is 4.76. The normalized spacial score (nSPS) is 11.8. The summed E-state index contributed by atoms with van der Waals surface area (Å²) in [6.07, 6.45) is 3.76. The average Bonchev–Trinajstić information content (AvgIpc) is 2.15. The average molecular weight is 231 g/mol. The Balaban J connectivity index is 3.71. The van der Waals surface area contributed by atoms with E-state index in [-0.39, 0.29) is 5.91 Å². The van der Waals surface area contributed by atoms with Crippen LogP contribution >= 0.6 is 11.8 Å². The summed E-state index contributed by atoms with van der Waals surface area (Å²) in [6, 6.07) is -0.781. The molecule has 0 fully saturated rings. The van der Waals surface area contributed by atoms with Gasteiger partial charge in [-0.3, -0.25) is 4.79 Å². The maximum Gasteiger partial charge on any atom is 0.327 e. The number of aliphatic carboxylic acids is 1. The molecular weight excluding hydrogens is 214 g/mol. The minimum atomic E-state index is -0.985. The Morgan fingerprint density at radius 1 is 1.60 bits per heavy atom. The highest BCUT2D eigenvalue weighted by molar-refractivity contribution is 7.99. The van der Waals surface area contributed by atoms with Crippen LogP contribution in [0.2, 0.25) is 0 Å². The summed E-state index contributed by atoms with van der Waals surface area (Å²) in [5, 5.41) is 11.2. The molecule has 0 aliphatic carbocycles. The lowest BCUT2D eigenvalue weighted by atomic mass is 10.3. The summed E-state index contributed by atoms with van der Waals surface area (Å²) in [4.78, 5) is 21.4. The third-order valence-corrected chi connectivity index (χ3v) is 2.80. The van der Waals surface area contributed by atoms with Crippen LogP contribution in [0.5, 0.6) is 0 Å². The first kappa shape index (κ1) is 14.0. The maximum absolute atomic E-state index is 10.7. The van der Waals surface area contributed by atoms with Crippen LogP contribution in [0, 0.1) is 0 Å². The van der Waals surface area contributed by atoms with Crippen molar-refractivity contribution >= 4 is 23.6 Å². The number of carbonyl (C=O) groups is 2. The van der Waals surface area contributed by atoms with Crippen molar-refractivity contribution in [2.45, 2.75) is 25.8 Å². The molecule has 1 atom stereocenters. The third-order valence-electron chi connectivity index (χ3n) is 1.66. The Bertz CT molecular complexity index is 231. The Morgan fingerprint density at radius 2 is 2.27 bits per heavy atom. The molecule has 0 aromatic rings. The van der Waals surface area contributed by atoms with E-state index in [1.807, 2.05) is 6.08 Å². The molecule has 0 bridgehead atoms. The molecule has 0 saturated heterocycles. The number of nitrogens with one attached hydrogen (secondary N) is 1. The number of carboxylic acids is 1. The predicted octanol–water partition coefficient (Wildman–Crippen LogP) is 1.28. The Labute approximate surface area is 94.1 Å². The Hall–Kier alpha value is -0.970. The number of allylic oxidation sites excluding steroid dienone is 1. The smallest absolute Gasteiger partial charge is 0.327 e. The first-order valence-corrected chi connectivity index (χ1v) is 5.92. The molecule has 2 N–H and O–H groups in total. The molecule has 0 spiro atoms. The second kappa shape index (κ2) is 8.35. The molecule has 0 heterocycles. The van der Waals surface area contributed by atoms with E-state index in [1.54, 1.807) is 0 Å². The van der Waals surface area contributed by atoms with Crippen LogP contribution in [0.3, 0.4) is 0 Å². The fourth-order valence-corrected chi connectivity index (χ4v) is 1.95. The summed E-state index contributed by atoms with van der Waals surface area (Å²) < 4.78 is 0. The van der Waals surface area contributed by atoms with Crippen molar-refractivity contribution < 1.29 is 14.7 Å². The van der Waals surface area contributed by atoms with E-state index in [1.165, 1.54) is 18.7 Å². The second-order valence-electron chi connectivity index (χ2n) is 3.10. The van der Waals surface area contributed by atoms with Crippen molar-refractivity contribution in [3.05, 3.63) is 12.7 Å². The zero-order valence-electron chi connectivity index (χ0n) is 8.86. The zero-order chi connectivity index (χ0) is 11.7. The van der Waals surface area contributed by atoms with Crippen molar-refractivity contribution in [1.29, 1.82) is 0 Å². The van der Waals surface area contributed by atoms with Crippen LogP contribution in [-0.2, 0) is 9.59 Å². The number of thioether (sulfide) groups is 1. The summed E-state index contributed by atoms with van der Waals surface area (Å²) in [5.41, 5.74) is 0. The topological polar surface area (TPSA) is 66.4 Å². The van der Waals surface area contributed by atoms with E-state index in [4.69, 9.17) is 5.11 Å². The largest absolute Gasteiger partial charge is 0.480 e. The molecule has 0 rings (SSSR count). The number of hydrogen-bond acceptors (Lipinski definition) is 3. The molecule has 5 heteroatoms. The minimum Gasteiger partial charge on any atom is -0.480 e. The fraction of sp³-hybridized carbons (Fsp3) is 0.600. The highest BCUT2D eigenvalue weighted by Gasteiger charge is 2.17. The van der Waals surface area contributed by atoms with Gasteiger partial charge in [0.05, 0.1) is 0 Å². The van der Waals surface area contributed by atoms with E-state index in [2.05, 4.69) is 11.9 Å². The van der Waals surface area contributed by atoms with Gasteiger partial charge in [-0.05, 0) is 18.6 Å². The van der Waals surface area contributed by atoms with Gasteiger partial charge in [0.25, 0.3) is 0 Å². The van der Waals surface area contributed by atoms with Crippen LogP contribution in [0.15, 0.2) is 12.7 Å². The van der Waals surface area contributed by atoms with Crippen molar-refractivity contribution in [2.24, 2.45) is 0 Å². The lowest BCUT2D eigenvalue weighted by molar-refractivity contribution is -0.140. The maximum atomic E-state index is 10.7. The van der Waals surface area contributed by atoms with E-state index >= 15 is 0 Å². The molecule has 15 heavy (non-hydrogen) atoms. The number of rotatable bonds is 8. The van der Waals surface area contributed by atoms with Gasteiger partial charge in [0.15, 0.2) is 0 Å². The van der Waals surface area contributed by atoms with E-state index < -0.39 is 12.0 Å². The van der Waals surface area contributed by atoms with Gasteiger partial charge in [0, 0.05) is 12.7 Å². The lowest BCUT2D eigenvalue weighted by Crippen LogP contribution is -2.41. The standard InChI is InChI=1S/C10H17NO3S/c1-3-4-5-6-15-7-9(10(13)14)11-8(2)12/h3,9H,1,4-7H2,2H3,(H,11,12)(H,13,14)/t9-/m0/s1. The van der Waals surface area contributed by atoms with Crippen LogP contribution in [0.25, 0.3) is 0 Å². The molecule has 0 unspecified atom stereocenters. The molecule has 86 valence electrons. The third kappa shape index (κ3) is 8.05. The van der Waals surface area contributed by atoms with Crippen molar-refractivity contribution in [3.63, 3.8) is 0 Å². The van der Waals surface area contributed by atoms with Crippen LogP contribution in [0.4, 0.5) is 0 Å². The second-order valence-corrected chi connectivity index (χ2v) is 4.25. The van der Waals surface area contributed by atoms with E-state index in [9.17, 15) is 9.59 Å². The molecule has 4 nitrogen and oxygen atoms in total. The van der Waals surface area contributed by atoms with E-state index in [0.29, 0.717) is 5.75 Å². The quantitative estimate of drug-likeness (QED) is 0.488. The van der Waals surface area contributed by atoms with E-state index in [0.717, 1.165) is 18.6 Å². The fourth-order valence-electron chi connectivity index (χ4n) is 0.951. The molecule has 0 aliphatic heterocycles. The van der Waals surface area contributed by atoms with Crippen molar-refractivity contribution in [1.82, 2.24) is 5.32 Å². The Kier molecular flexibility index (Phi) is 7.81. The lowest BCUT2D eigenvalue weighted by Gasteiger charge is -2.12. The molecular formula is C10H17NO3S. The predicted molar refractivity (Wildman–Crippen MR) is 62.0 cm³/mol. The van der Waals surface area contributed by atoms with Crippen LogP contribution in [0.1, 0.15) is 19.8 Å². The summed E-state index contributed by atoms with van der Waals surface area (Å²) in [6.45, 7) is 4.92. The zero-order valence-corrected chi connectivity index (χ0v) is 9.68. The monoisotopic (exact) mass is 231 g/mol. The number of hydrogen-bond donors (Lipinski definition) is 2. The summed E-state index contributed by atoms with van der Waals surface area (Å²) >= 11 is 1.53. The molecule has 0 aromatic heterocycles. The van der Waals surface area contributed by atoms with Gasteiger partial charge in [-0.2, -0.15) is 11.8 Å². The van der Waals surface area contributed by atoms with Crippen LogP contribution in [-0.4, -0.2) is 34.5 Å². The molecule has 0 radical (unpaired) electrons. The molecule has 0 aliphatic rings.